The summed E-state index contributed by atoms with van der Waals surface area (Å²) in [7, 11) is 1.91. The second-order valence-corrected chi connectivity index (χ2v) is 6.70. The molecule has 0 fully saturated rings. The van der Waals surface area contributed by atoms with Gasteiger partial charge < -0.3 is 35.9 Å². The lowest BCUT2D eigenvalue weighted by Crippen LogP contribution is -2.27. The fraction of sp³-hybridized carbons (Fsp3) is 0.900. The number of hydrogen-bond donors (Lipinski definition) is 4. The summed E-state index contributed by atoms with van der Waals surface area (Å²) in [5.74, 6) is -0.00946. The number of amides is 2. The average Bonchev–Trinajstić information content (AvgIpc) is 2.71. The van der Waals surface area contributed by atoms with Gasteiger partial charge in [-0.1, -0.05) is 0 Å². The van der Waals surface area contributed by atoms with E-state index in [9.17, 15) is 9.59 Å². The highest BCUT2D eigenvalue weighted by atomic mass is 16.5. The minimum absolute atomic E-state index is 0.0139. The summed E-state index contributed by atoms with van der Waals surface area (Å²) in [6, 6.07) is 0. The first kappa shape index (κ1) is 27.7. The maximum Gasteiger partial charge on any atom is 0.220 e. The van der Waals surface area contributed by atoms with Crippen LogP contribution in [0.25, 0.3) is 0 Å². The Morgan fingerprint density at radius 3 is 1.69 bits per heavy atom. The van der Waals surface area contributed by atoms with Crippen LogP contribution in [-0.2, 0) is 23.8 Å². The van der Waals surface area contributed by atoms with Crippen LogP contribution in [0.3, 0.4) is 0 Å². The topological polar surface area (TPSA) is 124 Å². The van der Waals surface area contributed by atoms with Crippen molar-refractivity contribution in [3.63, 3.8) is 0 Å². The van der Waals surface area contributed by atoms with Gasteiger partial charge in [-0.05, 0) is 52.2 Å². The zero-order chi connectivity index (χ0) is 21.4. The molecule has 0 aromatic heterocycles. The molecule has 0 atom stereocenters. The molecule has 2 amide bonds. The molecule has 0 aliphatic heterocycles. The van der Waals surface area contributed by atoms with Crippen molar-refractivity contribution >= 4 is 11.8 Å². The molecule has 5 N–H and O–H groups in total. The van der Waals surface area contributed by atoms with Crippen molar-refractivity contribution in [1.82, 2.24) is 16.0 Å². The van der Waals surface area contributed by atoms with Crippen molar-refractivity contribution in [2.75, 3.05) is 72.9 Å². The Labute approximate surface area is 175 Å². The highest BCUT2D eigenvalue weighted by Gasteiger charge is 2.04. The predicted molar refractivity (Wildman–Crippen MR) is 114 cm³/mol. The Kier molecular flexibility index (Phi) is 22.0. The molecule has 0 unspecified atom stereocenters. The molecule has 0 bridgehead atoms. The van der Waals surface area contributed by atoms with Gasteiger partial charge in [0.1, 0.15) is 0 Å². The minimum atomic E-state index is -0.0233. The molecule has 0 saturated heterocycles. The highest BCUT2D eigenvalue weighted by molar-refractivity contribution is 5.78. The summed E-state index contributed by atoms with van der Waals surface area (Å²) in [5, 5.41) is 8.79. The summed E-state index contributed by atoms with van der Waals surface area (Å²) in [6.07, 6.45) is 4.95. The zero-order valence-corrected chi connectivity index (χ0v) is 18.1. The Bertz CT molecular complexity index is 386. The van der Waals surface area contributed by atoms with E-state index in [1.807, 2.05) is 7.05 Å². The molecule has 0 aromatic rings. The summed E-state index contributed by atoms with van der Waals surface area (Å²) in [4.78, 5) is 23.4. The minimum Gasteiger partial charge on any atom is -0.379 e. The van der Waals surface area contributed by atoms with Crippen molar-refractivity contribution in [3.8, 4) is 0 Å². The van der Waals surface area contributed by atoms with E-state index < -0.39 is 0 Å². The molecular weight excluding hydrogens is 376 g/mol. The monoisotopic (exact) mass is 418 g/mol. The van der Waals surface area contributed by atoms with Crippen LogP contribution < -0.4 is 21.7 Å². The lowest BCUT2D eigenvalue weighted by Gasteiger charge is -2.08. The van der Waals surface area contributed by atoms with Gasteiger partial charge in [0.05, 0.1) is 26.4 Å². The highest BCUT2D eigenvalue weighted by Crippen LogP contribution is 1.96. The summed E-state index contributed by atoms with van der Waals surface area (Å²) >= 11 is 0. The second-order valence-electron chi connectivity index (χ2n) is 6.70. The maximum absolute atomic E-state index is 11.7. The van der Waals surface area contributed by atoms with E-state index >= 15 is 0 Å². The van der Waals surface area contributed by atoms with Crippen molar-refractivity contribution in [2.24, 2.45) is 5.73 Å². The van der Waals surface area contributed by atoms with Gasteiger partial charge >= 0.3 is 0 Å². The van der Waals surface area contributed by atoms with Crippen LogP contribution in [0.4, 0.5) is 0 Å². The predicted octanol–water partition coefficient (Wildman–Crippen LogP) is 0.177. The molecule has 0 aromatic carbocycles. The molecule has 9 heteroatoms. The fourth-order valence-electron chi connectivity index (χ4n) is 2.37. The number of ether oxygens (including phenoxy) is 3. The molecule has 0 spiro atoms. The third-order valence-electron chi connectivity index (χ3n) is 4.01. The van der Waals surface area contributed by atoms with Gasteiger partial charge in [-0.25, -0.2) is 0 Å². The van der Waals surface area contributed by atoms with Crippen LogP contribution in [0.2, 0.25) is 0 Å². The molecular formula is C20H42N4O5. The normalized spacial score (nSPS) is 10.8. The van der Waals surface area contributed by atoms with Gasteiger partial charge in [-0.15, -0.1) is 0 Å². The Morgan fingerprint density at radius 1 is 0.655 bits per heavy atom. The molecule has 0 aliphatic rings. The number of unbranched alkanes of at least 4 members (excludes halogenated alkanes) is 1. The van der Waals surface area contributed by atoms with Crippen molar-refractivity contribution in [1.29, 1.82) is 0 Å². The van der Waals surface area contributed by atoms with Crippen LogP contribution in [0.1, 0.15) is 44.9 Å². The van der Waals surface area contributed by atoms with E-state index in [2.05, 4.69) is 16.0 Å². The SMILES string of the molecule is CNCCCCNC(=O)CCCC(=O)NCCCOCCOCCOCCCN. The van der Waals surface area contributed by atoms with E-state index in [4.69, 9.17) is 19.9 Å². The van der Waals surface area contributed by atoms with Crippen LogP contribution in [0.5, 0.6) is 0 Å². The van der Waals surface area contributed by atoms with Crippen molar-refractivity contribution in [2.45, 2.75) is 44.9 Å². The lowest BCUT2D eigenvalue weighted by atomic mass is 10.2. The lowest BCUT2D eigenvalue weighted by molar-refractivity contribution is -0.122. The van der Waals surface area contributed by atoms with E-state index in [1.165, 1.54) is 0 Å². The van der Waals surface area contributed by atoms with Crippen LogP contribution in [0, 0.1) is 0 Å². The first-order chi connectivity index (χ1) is 14.2. The molecule has 9 nitrogen and oxygen atoms in total. The van der Waals surface area contributed by atoms with E-state index in [-0.39, 0.29) is 11.8 Å². The molecule has 0 saturated carbocycles. The Morgan fingerprint density at radius 2 is 1.14 bits per heavy atom. The number of nitrogens with two attached hydrogens (primary N) is 1. The average molecular weight is 419 g/mol. The van der Waals surface area contributed by atoms with Gasteiger partial charge in [0.25, 0.3) is 0 Å². The third kappa shape index (κ3) is 22.9. The molecule has 0 aliphatic carbocycles. The number of nitrogens with one attached hydrogen (secondary N) is 3. The molecule has 0 rings (SSSR count). The van der Waals surface area contributed by atoms with Gasteiger partial charge in [0.15, 0.2) is 0 Å². The number of rotatable bonds is 22. The van der Waals surface area contributed by atoms with E-state index in [0.29, 0.717) is 78.5 Å². The van der Waals surface area contributed by atoms with Gasteiger partial charge in [0, 0.05) is 39.1 Å². The summed E-state index contributed by atoms with van der Waals surface area (Å²) < 4.78 is 16.1. The van der Waals surface area contributed by atoms with Crippen LogP contribution in [0.15, 0.2) is 0 Å². The first-order valence-corrected chi connectivity index (χ1v) is 10.8. The third-order valence-corrected chi connectivity index (χ3v) is 4.01. The number of carbonyl (C=O) groups excluding carboxylic acids is 2. The summed E-state index contributed by atoms with van der Waals surface area (Å²) in [5.41, 5.74) is 5.37. The van der Waals surface area contributed by atoms with Crippen molar-refractivity contribution < 1.29 is 23.8 Å². The zero-order valence-electron chi connectivity index (χ0n) is 18.1. The molecule has 0 heterocycles. The van der Waals surface area contributed by atoms with Crippen LogP contribution in [-0.4, -0.2) is 84.7 Å². The molecule has 29 heavy (non-hydrogen) atoms. The molecule has 172 valence electrons. The van der Waals surface area contributed by atoms with Crippen LogP contribution >= 0.6 is 0 Å². The Balaban J connectivity index is 3.26. The smallest absolute Gasteiger partial charge is 0.220 e. The van der Waals surface area contributed by atoms with Crippen molar-refractivity contribution in [3.05, 3.63) is 0 Å². The molecule has 0 radical (unpaired) electrons. The standard InChI is InChI=1S/C20H42N4O5/c1-22-10-2-3-11-23-19(25)7-4-8-20(26)24-12-6-14-28-16-18-29-17-15-27-13-5-9-21/h22H,2-18,21H2,1H3,(H,23,25)(H,24,26). The second kappa shape index (κ2) is 23.0. The van der Waals surface area contributed by atoms with Gasteiger partial charge in [0.2, 0.25) is 11.8 Å². The maximum atomic E-state index is 11.7. The van der Waals surface area contributed by atoms with Gasteiger partial charge in [-0.2, -0.15) is 0 Å². The number of hydrogen-bond acceptors (Lipinski definition) is 7. The van der Waals surface area contributed by atoms with Gasteiger partial charge in [-0.3, -0.25) is 9.59 Å². The number of carbonyl (C=O) groups is 2. The Hall–Kier alpha value is -1.26. The van der Waals surface area contributed by atoms with E-state index in [0.717, 1.165) is 32.2 Å². The first-order valence-electron chi connectivity index (χ1n) is 10.8. The van der Waals surface area contributed by atoms with E-state index in [1.54, 1.807) is 0 Å². The summed E-state index contributed by atoms with van der Waals surface area (Å²) in [6.45, 7) is 6.31. The fourth-order valence-corrected chi connectivity index (χ4v) is 2.37. The largest absolute Gasteiger partial charge is 0.379 e. The quantitative estimate of drug-likeness (QED) is 0.185.